The second kappa shape index (κ2) is 11.9. The van der Waals surface area contributed by atoms with Crippen LogP contribution in [-0.4, -0.2) is 62.8 Å². The first-order chi connectivity index (χ1) is 18.0. The van der Waals surface area contributed by atoms with E-state index >= 15 is 0 Å². The van der Waals surface area contributed by atoms with Gasteiger partial charge in [-0.2, -0.15) is 5.10 Å². The van der Waals surface area contributed by atoms with E-state index < -0.39 is 0 Å². The first kappa shape index (κ1) is 25.5. The van der Waals surface area contributed by atoms with E-state index in [1.807, 2.05) is 32.2 Å². The topological polar surface area (TPSA) is 141 Å². The summed E-state index contributed by atoms with van der Waals surface area (Å²) in [6.45, 7) is 3.00. The lowest BCUT2D eigenvalue weighted by Crippen LogP contribution is -2.16. The maximum atomic E-state index is 12.7. The number of ketones is 1. The molecule has 0 aliphatic carbocycles. The van der Waals surface area contributed by atoms with Gasteiger partial charge < -0.3 is 25.4 Å². The molecule has 0 saturated heterocycles. The van der Waals surface area contributed by atoms with E-state index in [9.17, 15) is 4.79 Å². The summed E-state index contributed by atoms with van der Waals surface area (Å²) in [7, 11) is 5.23. The monoisotopic (exact) mass is 503 g/mol. The molecule has 0 atom stereocenters. The predicted molar refractivity (Wildman–Crippen MR) is 140 cm³/mol. The van der Waals surface area contributed by atoms with Gasteiger partial charge in [-0.1, -0.05) is 13.0 Å². The van der Waals surface area contributed by atoms with E-state index in [2.05, 4.69) is 41.0 Å². The molecule has 0 aliphatic heterocycles. The van der Waals surface area contributed by atoms with Crippen LogP contribution in [0, 0.1) is 0 Å². The van der Waals surface area contributed by atoms with Crippen molar-refractivity contribution in [2.75, 3.05) is 37.9 Å². The highest BCUT2D eigenvalue weighted by atomic mass is 16.5. The van der Waals surface area contributed by atoms with Gasteiger partial charge in [0.05, 0.1) is 42.0 Å². The molecule has 12 nitrogen and oxygen atoms in total. The van der Waals surface area contributed by atoms with E-state index in [4.69, 9.17) is 9.47 Å². The molecule has 4 aromatic rings. The lowest BCUT2D eigenvalue weighted by atomic mass is 10.1. The molecule has 3 N–H and O–H groups in total. The summed E-state index contributed by atoms with van der Waals surface area (Å²) in [5.41, 5.74) is 2.39. The molecule has 192 valence electrons. The summed E-state index contributed by atoms with van der Waals surface area (Å²) in [6, 6.07) is 7.35. The molecule has 0 saturated carbocycles. The van der Waals surface area contributed by atoms with Crippen LogP contribution in [0.5, 0.6) is 11.6 Å². The number of carbonyl (C=O) groups excluding carboxylic acids is 1. The number of methoxy groups -OCH3 is 1. The molecule has 12 heteroatoms. The first-order valence-corrected chi connectivity index (χ1v) is 11.7. The third-order valence-corrected chi connectivity index (χ3v) is 5.34. The average Bonchev–Trinajstić information content (AvgIpc) is 3.35. The van der Waals surface area contributed by atoms with Crippen molar-refractivity contribution in [1.29, 1.82) is 0 Å². The van der Waals surface area contributed by atoms with Crippen molar-refractivity contribution < 1.29 is 14.3 Å². The third-order valence-electron chi connectivity index (χ3n) is 5.34. The second-order valence-electron chi connectivity index (χ2n) is 7.96. The van der Waals surface area contributed by atoms with Crippen molar-refractivity contribution in [1.82, 2.24) is 35.0 Å². The molecule has 0 spiro atoms. The number of carbonyl (C=O) groups is 1. The van der Waals surface area contributed by atoms with Crippen LogP contribution >= 0.6 is 0 Å². The Balaban J connectivity index is 1.62. The fourth-order valence-corrected chi connectivity index (χ4v) is 3.52. The second-order valence-corrected chi connectivity index (χ2v) is 7.96. The number of para-hydroxylation sites is 1. The van der Waals surface area contributed by atoms with Gasteiger partial charge in [-0.3, -0.25) is 9.48 Å². The number of benzene rings is 1. The van der Waals surface area contributed by atoms with E-state index in [1.54, 1.807) is 37.4 Å². The highest BCUT2D eigenvalue weighted by Gasteiger charge is 2.18. The van der Waals surface area contributed by atoms with Crippen LogP contribution < -0.4 is 25.4 Å². The zero-order chi connectivity index (χ0) is 26.2. The number of rotatable bonds is 12. The van der Waals surface area contributed by atoms with Gasteiger partial charge in [0.25, 0.3) is 0 Å². The van der Waals surface area contributed by atoms with Gasteiger partial charge in [0.1, 0.15) is 24.6 Å². The van der Waals surface area contributed by atoms with Gasteiger partial charge in [-0.05, 0) is 19.2 Å². The molecule has 0 aliphatic rings. The fraction of sp³-hybridized carbons (Fsp3) is 0.280. The minimum absolute atomic E-state index is 0.0501. The molecule has 0 radical (unpaired) electrons. The number of nitrogens with one attached hydrogen (secondary N) is 3. The summed E-state index contributed by atoms with van der Waals surface area (Å²) < 4.78 is 12.8. The number of aryl methyl sites for hydroxylation is 1. The lowest BCUT2D eigenvalue weighted by molar-refractivity contribution is 0.0988. The van der Waals surface area contributed by atoms with Gasteiger partial charge in [-0.25, -0.2) is 19.9 Å². The maximum absolute atomic E-state index is 12.7. The number of nitrogens with zero attached hydrogens (tertiary/aromatic N) is 6. The number of likely N-dealkylation sites (N-methyl/N-ethyl adjacent to an activating group) is 1. The molecule has 37 heavy (non-hydrogen) atoms. The molecule has 3 heterocycles. The van der Waals surface area contributed by atoms with Gasteiger partial charge in [0, 0.05) is 32.3 Å². The molecular formula is C25H29N9O3. The van der Waals surface area contributed by atoms with E-state index in [-0.39, 0.29) is 5.78 Å². The summed E-state index contributed by atoms with van der Waals surface area (Å²) >= 11 is 0. The zero-order valence-corrected chi connectivity index (χ0v) is 21.1. The van der Waals surface area contributed by atoms with Gasteiger partial charge >= 0.3 is 0 Å². The van der Waals surface area contributed by atoms with Crippen LogP contribution in [0.15, 0.2) is 49.2 Å². The number of Topliss-reactive ketones (excluding diaryl/α,β-unsaturated/α-hetero) is 1. The summed E-state index contributed by atoms with van der Waals surface area (Å²) in [6.07, 6.45) is 6.58. The number of pyridine rings is 1. The quantitative estimate of drug-likeness (QED) is 0.194. The largest absolute Gasteiger partial charge is 0.494 e. The van der Waals surface area contributed by atoms with Crippen LogP contribution in [0.3, 0.4) is 0 Å². The summed E-state index contributed by atoms with van der Waals surface area (Å²) in [4.78, 5) is 30.0. The summed E-state index contributed by atoms with van der Waals surface area (Å²) in [5.74, 6) is 2.42. The Kier molecular flexibility index (Phi) is 8.21. The normalized spacial score (nSPS) is 10.7. The molecular weight excluding hydrogens is 474 g/mol. The average molecular weight is 504 g/mol. The molecule has 1 aromatic carbocycles. The SMILES string of the molecule is CCC(=O)c1cnc(Nc2cnc(OCCNC)cn2)cc1Nc1cccc(-c2ncn(C)n2)c1OC. The van der Waals surface area contributed by atoms with E-state index in [0.717, 1.165) is 5.56 Å². The van der Waals surface area contributed by atoms with Gasteiger partial charge in [0.15, 0.2) is 17.4 Å². The van der Waals surface area contributed by atoms with E-state index in [1.165, 1.54) is 12.4 Å². The van der Waals surface area contributed by atoms with Crippen molar-refractivity contribution in [3.05, 3.63) is 54.7 Å². The number of aromatic nitrogens is 6. The Morgan fingerprint density at radius 3 is 2.54 bits per heavy atom. The van der Waals surface area contributed by atoms with Crippen LogP contribution in [-0.2, 0) is 7.05 Å². The highest BCUT2D eigenvalue weighted by molar-refractivity contribution is 6.02. The lowest BCUT2D eigenvalue weighted by Gasteiger charge is -2.17. The fourth-order valence-electron chi connectivity index (χ4n) is 3.52. The standard InChI is InChI=1S/C25H29N9O3/c1-5-20(35)17-12-27-21(32-22-13-29-23(14-28-22)37-10-9-26-2)11-19(17)31-18-8-6-7-16(24(18)36-4)25-30-15-34(3)33-25/h6-8,11-15,26H,5,9-10H2,1-4H3,(H2,27,28,31,32). The molecule has 0 unspecified atom stereocenters. The number of ether oxygens (including phenoxy) is 2. The third kappa shape index (κ3) is 6.16. The maximum Gasteiger partial charge on any atom is 0.232 e. The van der Waals surface area contributed by atoms with Crippen molar-refractivity contribution >= 4 is 28.8 Å². The van der Waals surface area contributed by atoms with Crippen molar-refractivity contribution in [3.8, 4) is 23.0 Å². The first-order valence-electron chi connectivity index (χ1n) is 11.7. The van der Waals surface area contributed by atoms with Crippen molar-refractivity contribution in [3.63, 3.8) is 0 Å². The number of hydrogen-bond donors (Lipinski definition) is 3. The molecule has 3 aromatic heterocycles. The predicted octanol–water partition coefficient (Wildman–Crippen LogP) is 3.35. The van der Waals surface area contributed by atoms with Gasteiger partial charge in [0.2, 0.25) is 5.88 Å². The van der Waals surface area contributed by atoms with Crippen LogP contribution in [0.1, 0.15) is 23.7 Å². The smallest absolute Gasteiger partial charge is 0.232 e. The Morgan fingerprint density at radius 2 is 1.86 bits per heavy atom. The molecule has 0 fully saturated rings. The summed E-state index contributed by atoms with van der Waals surface area (Å²) in [5, 5.41) is 13.8. The zero-order valence-electron chi connectivity index (χ0n) is 21.1. The number of hydrogen-bond acceptors (Lipinski definition) is 11. The minimum atomic E-state index is -0.0501. The molecule has 4 rings (SSSR count). The van der Waals surface area contributed by atoms with E-state index in [0.29, 0.717) is 65.6 Å². The van der Waals surface area contributed by atoms with Crippen LogP contribution in [0.2, 0.25) is 0 Å². The van der Waals surface area contributed by atoms with Crippen molar-refractivity contribution in [2.24, 2.45) is 7.05 Å². The van der Waals surface area contributed by atoms with Gasteiger partial charge in [-0.15, -0.1) is 0 Å². The van der Waals surface area contributed by atoms with Crippen molar-refractivity contribution in [2.45, 2.75) is 13.3 Å². The molecule has 0 bridgehead atoms. The molecule has 0 amide bonds. The Bertz CT molecular complexity index is 1360. The minimum Gasteiger partial charge on any atom is -0.494 e. The van der Waals surface area contributed by atoms with Crippen LogP contribution in [0.25, 0.3) is 11.4 Å². The number of anilines is 4. The Hall–Kier alpha value is -4.58. The van der Waals surface area contributed by atoms with Crippen LogP contribution in [0.4, 0.5) is 23.0 Å². The highest BCUT2D eigenvalue weighted by Crippen LogP contribution is 2.37. The Morgan fingerprint density at radius 1 is 1.03 bits per heavy atom. The Labute approximate surface area is 214 Å².